The minimum absolute atomic E-state index is 0.0295. The van der Waals surface area contributed by atoms with Crippen molar-refractivity contribution in [3.8, 4) is 0 Å². The summed E-state index contributed by atoms with van der Waals surface area (Å²) in [5.74, 6) is 1.29. The lowest BCUT2D eigenvalue weighted by Gasteiger charge is -2.28. The fourth-order valence-corrected chi connectivity index (χ4v) is 4.81. The quantitative estimate of drug-likeness (QED) is 0.868. The van der Waals surface area contributed by atoms with Crippen LogP contribution in [0.15, 0.2) is 10.7 Å². The van der Waals surface area contributed by atoms with E-state index in [-0.39, 0.29) is 24.0 Å². The van der Waals surface area contributed by atoms with Crippen molar-refractivity contribution in [1.82, 2.24) is 30.1 Å². The predicted octanol–water partition coefficient (Wildman–Crippen LogP) is 2.56. The Kier molecular flexibility index (Phi) is 4.53. The van der Waals surface area contributed by atoms with Crippen LogP contribution < -0.4 is 5.32 Å². The molecule has 27 heavy (non-hydrogen) atoms. The molecule has 1 N–H and O–H groups in total. The topological polar surface area (TPSA) is 89.1 Å². The molecule has 2 aliphatic heterocycles. The first kappa shape index (κ1) is 18.2. The molecule has 4 atom stereocenters. The fraction of sp³-hybridized carbons (Fsp3) is 0.684. The molecule has 1 amide bonds. The molecule has 2 aromatic rings. The predicted molar refractivity (Wildman–Crippen MR) is 99.3 cm³/mol. The second-order valence-corrected chi connectivity index (χ2v) is 8.10. The van der Waals surface area contributed by atoms with Gasteiger partial charge in [-0.2, -0.15) is 10.1 Å². The number of aryl methyl sites for hydroxylation is 1. The van der Waals surface area contributed by atoms with Gasteiger partial charge in [-0.1, -0.05) is 5.16 Å². The Morgan fingerprint density at radius 3 is 2.70 bits per heavy atom. The number of rotatable bonds is 5. The van der Waals surface area contributed by atoms with E-state index in [4.69, 9.17) is 4.52 Å². The fourth-order valence-electron chi connectivity index (χ4n) is 4.81. The normalized spacial score (nSPS) is 26.1. The number of hydrogen-bond donors (Lipinski definition) is 1. The van der Waals surface area contributed by atoms with Crippen molar-refractivity contribution in [2.75, 3.05) is 0 Å². The summed E-state index contributed by atoms with van der Waals surface area (Å²) < 4.78 is 7.28. The van der Waals surface area contributed by atoms with Gasteiger partial charge in [0, 0.05) is 29.9 Å². The summed E-state index contributed by atoms with van der Waals surface area (Å²) >= 11 is 0. The number of hydrogen-bond acceptors (Lipinski definition) is 6. The molecule has 2 aliphatic rings. The third-order valence-corrected chi connectivity index (χ3v) is 6.03. The van der Waals surface area contributed by atoms with Crippen LogP contribution in [0.25, 0.3) is 0 Å². The van der Waals surface area contributed by atoms with E-state index < -0.39 is 0 Å². The average Bonchev–Trinajstić information content (AvgIpc) is 3.37. The Hall–Kier alpha value is -2.22. The van der Waals surface area contributed by atoms with E-state index in [2.05, 4.69) is 46.2 Å². The molecular weight excluding hydrogens is 344 g/mol. The molecule has 2 saturated heterocycles. The molecule has 0 unspecified atom stereocenters. The summed E-state index contributed by atoms with van der Waals surface area (Å²) in [6, 6.07) is 1.20. The van der Waals surface area contributed by atoms with Crippen LogP contribution >= 0.6 is 0 Å². The van der Waals surface area contributed by atoms with Crippen molar-refractivity contribution in [1.29, 1.82) is 0 Å². The SMILES string of the molecule is Cc1noc([C@H](C)N2[C@@H]3CC[C@H]2[C@H](NC(=O)c2cnn(C(C)C)c2C)C3)n1. The van der Waals surface area contributed by atoms with Crippen molar-refractivity contribution in [2.24, 2.45) is 0 Å². The average molecular weight is 372 g/mol. The van der Waals surface area contributed by atoms with Crippen LogP contribution in [0, 0.1) is 13.8 Å². The molecular formula is C19H28N6O2. The summed E-state index contributed by atoms with van der Waals surface area (Å²) in [4.78, 5) is 19.7. The van der Waals surface area contributed by atoms with Gasteiger partial charge in [0.15, 0.2) is 5.82 Å². The largest absolute Gasteiger partial charge is 0.348 e. The van der Waals surface area contributed by atoms with Crippen molar-refractivity contribution in [2.45, 2.75) is 84.1 Å². The number of nitrogens with zero attached hydrogens (tertiary/aromatic N) is 5. The lowest BCUT2D eigenvalue weighted by Crippen LogP contribution is -2.44. The monoisotopic (exact) mass is 372 g/mol. The summed E-state index contributed by atoms with van der Waals surface area (Å²) in [6.07, 6.45) is 4.88. The minimum atomic E-state index is -0.0295. The molecule has 2 fully saturated rings. The third kappa shape index (κ3) is 3.05. The maximum atomic E-state index is 12.9. The first-order valence-electron chi connectivity index (χ1n) is 9.79. The van der Waals surface area contributed by atoms with Crippen molar-refractivity contribution < 1.29 is 9.32 Å². The number of nitrogens with one attached hydrogen (secondary N) is 1. The van der Waals surface area contributed by atoms with Crippen LogP contribution in [0.5, 0.6) is 0 Å². The Morgan fingerprint density at radius 2 is 2.07 bits per heavy atom. The summed E-state index contributed by atoms with van der Waals surface area (Å²) in [7, 11) is 0. The smallest absolute Gasteiger partial charge is 0.255 e. The van der Waals surface area contributed by atoms with Crippen LogP contribution in [0.2, 0.25) is 0 Å². The van der Waals surface area contributed by atoms with Gasteiger partial charge in [-0.25, -0.2) is 0 Å². The molecule has 4 rings (SSSR count). The van der Waals surface area contributed by atoms with Crippen molar-refractivity contribution in [3.05, 3.63) is 29.2 Å². The zero-order valence-electron chi connectivity index (χ0n) is 16.6. The second kappa shape index (κ2) is 6.74. The van der Waals surface area contributed by atoms with Crippen LogP contribution in [0.4, 0.5) is 0 Å². The van der Waals surface area contributed by atoms with E-state index in [0.717, 1.165) is 25.0 Å². The number of aromatic nitrogens is 4. The van der Waals surface area contributed by atoms with Gasteiger partial charge in [0.1, 0.15) is 0 Å². The van der Waals surface area contributed by atoms with Gasteiger partial charge in [-0.05, 0) is 53.9 Å². The van der Waals surface area contributed by atoms with E-state index in [0.29, 0.717) is 29.4 Å². The van der Waals surface area contributed by atoms with Crippen LogP contribution in [-0.4, -0.2) is 48.9 Å². The summed E-state index contributed by atoms with van der Waals surface area (Å²) in [5, 5.41) is 11.5. The molecule has 0 aromatic carbocycles. The lowest BCUT2D eigenvalue weighted by atomic mass is 9.95. The van der Waals surface area contributed by atoms with Crippen LogP contribution in [-0.2, 0) is 0 Å². The third-order valence-electron chi connectivity index (χ3n) is 6.03. The highest BCUT2D eigenvalue weighted by molar-refractivity contribution is 5.95. The van der Waals surface area contributed by atoms with Gasteiger partial charge in [-0.3, -0.25) is 14.4 Å². The molecule has 2 bridgehead atoms. The standard InChI is InChI=1S/C19H28N6O2/c1-10(2)25-11(3)15(9-20-25)18(26)22-16-8-14-6-7-17(16)24(14)12(4)19-21-13(5)23-27-19/h9-10,12,14,16-17H,6-8H2,1-5H3,(H,22,26)/t12-,14+,16+,17-/m0/s1. The summed E-state index contributed by atoms with van der Waals surface area (Å²) in [5.41, 5.74) is 1.58. The molecule has 4 heterocycles. The van der Waals surface area contributed by atoms with Gasteiger partial charge in [0.2, 0.25) is 5.89 Å². The number of fused-ring (bicyclic) bond motifs is 2. The van der Waals surface area contributed by atoms with Gasteiger partial charge in [-0.15, -0.1) is 0 Å². The van der Waals surface area contributed by atoms with E-state index in [1.165, 1.54) is 0 Å². The number of amides is 1. The molecule has 0 saturated carbocycles. The van der Waals surface area contributed by atoms with E-state index in [9.17, 15) is 4.79 Å². The highest BCUT2D eigenvalue weighted by Gasteiger charge is 2.49. The molecule has 2 aromatic heterocycles. The lowest BCUT2D eigenvalue weighted by molar-refractivity contribution is 0.0917. The number of carbonyl (C=O) groups is 1. The van der Waals surface area contributed by atoms with Gasteiger partial charge >= 0.3 is 0 Å². The number of carbonyl (C=O) groups excluding carboxylic acids is 1. The first-order valence-corrected chi connectivity index (χ1v) is 9.79. The molecule has 146 valence electrons. The van der Waals surface area contributed by atoms with E-state index in [1.54, 1.807) is 6.20 Å². The van der Waals surface area contributed by atoms with E-state index in [1.807, 2.05) is 18.5 Å². The molecule has 0 radical (unpaired) electrons. The van der Waals surface area contributed by atoms with Crippen LogP contribution in [0.1, 0.15) is 79.9 Å². The first-order chi connectivity index (χ1) is 12.9. The highest BCUT2D eigenvalue weighted by Crippen LogP contribution is 2.43. The van der Waals surface area contributed by atoms with Gasteiger partial charge < -0.3 is 9.84 Å². The maximum Gasteiger partial charge on any atom is 0.255 e. The molecule has 8 nitrogen and oxygen atoms in total. The van der Waals surface area contributed by atoms with Crippen molar-refractivity contribution in [3.63, 3.8) is 0 Å². The maximum absolute atomic E-state index is 12.9. The Bertz CT molecular complexity index is 841. The Labute approximate surface area is 159 Å². The minimum Gasteiger partial charge on any atom is -0.348 e. The van der Waals surface area contributed by atoms with Crippen LogP contribution in [0.3, 0.4) is 0 Å². The zero-order valence-corrected chi connectivity index (χ0v) is 16.6. The van der Waals surface area contributed by atoms with Crippen molar-refractivity contribution >= 4 is 5.91 Å². The van der Waals surface area contributed by atoms with E-state index >= 15 is 0 Å². The highest BCUT2D eigenvalue weighted by atomic mass is 16.5. The Morgan fingerprint density at radius 1 is 1.30 bits per heavy atom. The van der Waals surface area contributed by atoms with Gasteiger partial charge in [0.25, 0.3) is 5.91 Å². The van der Waals surface area contributed by atoms with Gasteiger partial charge in [0.05, 0.1) is 17.8 Å². The summed E-state index contributed by atoms with van der Waals surface area (Å²) in [6.45, 7) is 10.0. The zero-order chi connectivity index (χ0) is 19.3. The molecule has 8 heteroatoms. The Balaban J connectivity index is 1.48. The molecule has 0 spiro atoms. The second-order valence-electron chi connectivity index (χ2n) is 8.10. The molecule has 0 aliphatic carbocycles.